The number of carbonyl (C=O) groups excluding carboxylic acids is 4. The van der Waals surface area contributed by atoms with Gasteiger partial charge in [0.15, 0.2) is 6.61 Å². The maximum Gasteiger partial charge on any atom is 0.339 e. The molecule has 0 atom stereocenters. The molecule has 0 radical (unpaired) electrons. The van der Waals surface area contributed by atoms with E-state index in [1.165, 1.54) is 23.1 Å². The third kappa shape index (κ3) is 5.39. The number of aryl methyl sites for hydroxylation is 1. The van der Waals surface area contributed by atoms with Crippen molar-refractivity contribution in [1.82, 2.24) is 4.90 Å². The Morgan fingerprint density at radius 3 is 2.61 bits per heavy atom. The topological polar surface area (TPSA) is 119 Å². The van der Waals surface area contributed by atoms with Gasteiger partial charge in [0.2, 0.25) is 5.91 Å². The van der Waals surface area contributed by atoms with Gasteiger partial charge >= 0.3 is 5.97 Å². The average molecular weight is 488 g/mol. The lowest BCUT2D eigenvalue weighted by atomic mass is 10.1. The third-order valence-corrected chi connectivity index (χ3v) is 7.94. The van der Waals surface area contributed by atoms with Crippen LogP contribution in [0.1, 0.15) is 50.4 Å². The monoisotopic (exact) mass is 487 g/mol. The minimum absolute atomic E-state index is 0.0492. The number of thiophene rings is 1. The lowest BCUT2D eigenvalue weighted by molar-refractivity contribution is -0.127. The van der Waals surface area contributed by atoms with Crippen LogP contribution < -0.4 is 11.1 Å². The molecule has 1 aromatic heterocycles. The highest BCUT2D eigenvalue weighted by molar-refractivity contribution is 8.00. The predicted octanol–water partition coefficient (Wildman–Crippen LogP) is 2.85. The number of nitrogens with one attached hydrogen (secondary N) is 1. The maximum atomic E-state index is 12.6. The van der Waals surface area contributed by atoms with Gasteiger partial charge in [0.25, 0.3) is 11.8 Å². The van der Waals surface area contributed by atoms with Gasteiger partial charge in [-0.3, -0.25) is 14.4 Å². The summed E-state index contributed by atoms with van der Waals surface area (Å²) in [5.41, 5.74) is 7.09. The van der Waals surface area contributed by atoms with Crippen LogP contribution in [0, 0.1) is 0 Å². The van der Waals surface area contributed by atoms with E-state index >= 15 is 0 Å². The SMILES string of the molecule is NC(=O)c1c(NC(=O)COC(=O)c2ccccc2SCC(=O)N2CCCC2)sc2c1CCC2. The number of primary amides is 1. The molecule has 2 aliphatic rings. The molecule has 174 valence electrons. The molecular formula is C23H25N3O5S2. The fourth-order valence-electron chi connectivity index (χ4n) is 4.08. The molecule has 0 bridgehead atoms. The molecular weight excluding hydrogens is 462 g/mol. The molecule has 3 N–H and O–H groups in total. The van der Waals surface area contributed by atoms with Crippen molar-refractivity contribution in [2.75, 3.05) is 30.8 Å². The van der Waals surface area contributed by atoms with E-state index in [2.05, 4.69) is 5.32 Å². The van der Waals surface area contributed by atoms with Crippen molar-refractivity contribution in [2.24, 2.45) is 5.73 Å². The second kappa shape index (κ2) is 10.4. The van der Waals surface area contributed by atoms with Gasteiger partial charge in [-0.05, 0) is 49.8 Å². The van der Waals surface area contributed by atoms with E-state index in [4.69, 9.17) is 10.5 Å². The van der Waals surface area contributed by atoms with Crippen molar-refractivity contribution >= 4 is 51.8 Å². The Hall–Kier alpha value is -2.85. The standard InChI is InChI=1S/C23H25N3O5S2/c24-21(29)20-14-7-5-9-17(14)33-22(20)25-18(27)12-31-23(30)15-6-1-2-8-16(15)32-13-19(28)26-10-3-4-11-26/h1-2,6,8H,3-5,7,9-13H2,(H2,24,29)(H,25,27). The largest absolute Gasteiger partial charge is 0.452 e. The summed E-state index contributed by atoms with van der Waals surface area (Å²) in [7, 11) is 0. The van der Waals surface area contributed by atoms with Gasteiger partial charge in [-0.25, -0.2) is 4.79 Å². The number of carbonyl (C=O) groups is 4. The quantitative estimate of drug-likeness (QED) is 0.437. The van der Waals surface area contributed by atoms with Crippen molar-refractivity contribution in [2.45, 2.75) is 37.0 Å². The molecule has 1 fully saturated rings. The summed E-state index contributed by atoms with van der Waals surface area (Å²) in [6.07, 6.45) is 4.64. The van der Waals surface area contributed by atoms with Crippen LogP contribution in [0.25, 0.3) is 0 Å². The lowest BCUT2D eigenvalue weighted by Gasteiger charge is -2.15. The number of nitrogens with two attached hydrogens (primary N) is 1. The van der Waals surface area contributed by atoms with E-state index in [-0.39, 0.29) is 11.7 Å². The van der Waals surface area contributed by atoms with Crippen molar-refractivity contribution in [3.05, 3.63) is 45.8 Å². The fraction of sp³-hybridized carbons (Fsp3) is 0.391. The van der Waals surface area contributed by atoms with Crippen LogP contribution in [0.4, 0.5) is 5.00 Å². The number of esters is 1. The Kier molecular flexibility index (Phi) is 7.34. The second-order valence-electron chi connectivity index (χ2n) is 7.92. The van der Waals surface area contributed by atoms with Crippen molar-refractivity contribution < 1.29 is 23.9 Å². The van der Waals surface area contributed by atoms with Gasteiger partial charge in [-0.2, -0.15) is 0 Å². The van der Waals surface area contributed by atoms with E-state index < -0.39 is 24.4 Å². The molecule has 2 aromatic rings. The Labute approximate surface area is 199 Å². The van der Waals surface area contributed by atoms with Crippen molar-refractivity contribution in [3.63, 3.8) is 0 Å². The normalized spacial score (nSPS) is 14.7. The molecule has 0 saturated carbocycles. The number of fused-ring (bicyclic) bond motifs is 1. The van der Waals surface area contributed by atoms with Gasteiger partial charge in [0.05, 0.1) is 16.9 Å². The number of anilines is 1. The van der Waals surface area contributed by atoms with Crippen LogP contribution >= 0.6 is 23.1 Å². The first kappa shape index (κ1) is 23.3. The van der Waals surface area contributed by atoms with Gasteiger partial charge in [-0.15, -0.1) is 23.1 Å². The minimum atomic E-state index is -0.648. The van der Waals surface area contributed by atoms with Crippen LogP contribution in [-0.4, -0.2) is 54.0 Å². The number of amides is 3. The third-order valence-electron chi connectivity index (χ3n) is 5.67. The number of hydrogen-bond acceptors (Lipinski definition) is 7. The summed E-state index contributed by atoms with van der Waals surface area (Å²) < 4.78 is 5.22. The summed E-state index contributed by atoms with van der Waals surface area (Å²) in [6, 6.07) is 6.85. The van der Waals surface area contributed by atoms with Crippen LogP contribution in [0.5, 0.6) is 0 Å². The Morgan fingerprint density at radius 2 is 1.85 bits per heavy atom. The molecule has 10 heteroatoms. The number of thioether (sulfide) groups is 1. The first-order valence-electron chi connectivity index (χ1n) is 10.8. The number of rotatable bonds is 8. The number of ether oxygens (including phenoxy) is 1. The lowest BCUT2D eigenvalue weighted by Crippen LogP contribution is -2.29. The molecule has 2 heterocycles. The highest BCUT2D eigenvalue weighted by Crippen LogP contribution is 2.38. The van der Waals surface area contributed by atoms with E-state index in [0.29, 0.717) is 21.0 Å². The number of likely N-dealkylation sites (tertiary alicyclic amines) is 1. The Morgan fingerprint density at radius 1 is 1.09 bits per heavy atom. The molecule has 8 nitrogen and oxygen atoms in total. The van der Waals surface area contributed by atoms with Crippen LogP contribution in [-0.2, 0) is 27.2 Å². The van der Waals surface area contributed by atoms with Gasteiger partial charge < -0.3 is 20.7 Å². The highest BCUT2D eigenvalue weighted by Gasteiger charge is 2.26. The maximum absolute atomic E-state index is 12.6. The predicted molar refractivity (Wildman–Crippen MR) is 127 cm³/mol. The van der Waals surface area contributed by atoms with E-state index in [0.717, 1.165) is 55.6 Å². The fourth-order valence-corrected chi connectivity index (χ4v) is 6.34. The molecule has 1 saturated heterocycles. The Bertz CT molecular complexity index is 1090. The van der Waals surface area contributed by atoms with Crippen LogP contribution in [0.2, 0.25) is 0 Å². The van der Waals surface area contributed by atoms with Crippen LogP contribution in [0.3, 0.4) is 0 Å². The minimum Gasteiger partial charge on any atom is -0.452 e. The van der Waals surface area contributed by atoms with Gasteiger partial charge in [0, 0.05) is 22.9 Å². The first-order valence-corrected chi connectivity index (χ1v) is 12.6. The number of benzene rings is 1. The molecule has 1 aliphatic carbocycles. The van der Waals surface area contributed by atoms with Crippen molar-refractivity contribution in [3.8, 4) is 0 Å². The van der Waals surface area contributed by atoms with E-state index in [9.17, 15) is 19.2 Å². The van der Waals surface area contributed by atoms with Crippen molar-refractivity contribution in [1.29, 1.82) is 0 Å². The zero-order valence-corrected chi connectivity index (χ0v) is 19.7. The van der Waals surface area contributed by atoms with E-state index in [1.807, 2.05) is 4.90 Å². The smallest absolute Gasteiger partial charge is 0.339 e. The summed E-state index contributed by atoms with van der Waals surface area (Å²) in [5.74, 6) is -1.47. The Balaban J connectivity index is 1.34. The van der Waals surface area contributed by atoms with Gasteiger partial charge in [-0.1, -0.05) is 12.1 Å². The molecule has 33 heavy (non-hydrogen) atoms. The molecule has 4 rings (SSSR count). The molecule has 1 aromatic carbocycles. The van der Waals surface area contributed by atoms with E-state index in [1.54, 1.807) is 24.3 Å². The first-order chi connectivity index (χ1) is 15.9. The molecule has 3 amide bonds. The number of nitrogens with zero attached hydrogens (tertiary/aromatic N) is 1. The van der Waals surface area contributed by atoms with Crippen LogP contribution in [0.15, 0.2) is 29.2 Å². The average Bonchev–Trinajstić information content (AvgIpc) is 3.53. The number of hydrogen-bond donors (Lipinski definition) is 2. The molecule has 1 aliphatic heterocycles. The summed E-state index contributed by atoms with van der Waals surface area (Å²) in [6.45, 7) is 1.07. The molecule has 0 spiro atoms. The zero-order chi connectivity index (χ0) is 23.4. The highest BCUT2D eigenvalue weighted by atomic mass is 32.2. The summed E-state index contributed by atoms with van der Waals surface area (Å²) >= 11 is 2.63. The zero-order valence-electron chi connectivity index (χ0n) is 18.1. The second-order valence-corrected chi connectivity index (χ2v) is 10.0. The summed E-state index contributed by atoms with van der Waals surface area (Å²) in [5, 5.41) is 3.07. The summed E-state index contributed by atoms with van der Waals surface area (Å²) in [4.78, 5) is 52.7. The molecule has 0 unspecified atom stereocenters. The van der Waals surface area contributed by atoms with Gasteiger partial charge in [0.1, 0.15) is 5.00 Å².